The number of ether oxygens (including phenoxy) is 2. The van der Waals surface area contributed by atoms with Gasteiger partial charge in [0, 0.05) is 12.7 Å². The van der Waals surface area contributed by atoms with Gasteiger partial charge in [-0.15, -0.1) is 0 Å². The highest BCUT2D eigenvalue weighted by Crippen LogP contribution is 2.25. The molecule has 0 aromatic carbocycles. The Hall–Kier alpha value is -1.62. The first kappa shape index (κ1) is 14.8. The summed E-state index contributed by atoms with van der Waals surface area (Å²) in [5.41, 5.74) is 1.48. The standard InChI is InChI=1S/C15H22N2O3/c1-4-13-11(6-5-9-20-13)15(18)17-12-7-8-14(19-3)16-10(12)2/h7-8,11,13H,4-6,9H2,1-3H3,(H,17,18)/t11-,13+/m0/s1. The van der Waals surface area contributed by atoms with Crippen LogP contribution in [-0.4, -0.2) is 30.7 Å². The smallest absolute Gasteiger partial charge is 0.230 e. The van der Waals surface area contributed by atoms with E-state index in [-0.39, 0.29) is 17.9 Å². The van der Waals surface area contributed by atoms with Crippen molar-refractivity contribution in [3.63, 3.8) is 0 Å². The van der Waals surface area contributed by atoms with Gasteiger partial charge in [0.05, 0.1) is 30.5 Å². The monoisotopic (exact) mass is 278 g/mol. The lowest BCUT2D eigenvalue weighted by Gasteiger charge is -2.30. The Morgan fingerprint density at radius 3 is 3.00 bits per heavy atom. The van der Waals surface area contributed by atoms with Crippen molar-refractivity contribution in [1.29, 1.82) is 0 Å². The number of methoxy groups -OCH3 is 1. The van der Waals surface area contributed by atoms with Gasteiger partial charge in [0.2, 0.25) is 11.8 Å². The highest BCUT2D eigenvalue weighted by molar-refractivity contribution is 5.93. The average Bonchev–Trinajstić information content (AvgIpc) is 2.49. The number of hydrogen-bond acceptors (Lipinski definition) is 4. The maximum atomic E-state index is 12.4. The summed E-state index contributed by atoms with van der Waals surface area (Å²) in [5.74, 6) is 0.495. The number of aromatic nitrogens is 1. The number of nitrogens with one attached hydrogen (secondary N) is 1. The predicted molar refractivity (Wildman–Crippen MR) is 76.9 cm³/mol. The molecule has 0 spiro atoms. The van der Waals surface area contributed by atoms with Crippen molar-refractivity contribution < 1.29 is 14.3 Å². The number of anilines is 1. The Bertz CT molecular complexity index is 476. The molecule has 1 aliphatic rings. The number of aryl methyl sites for hydroxylation is 1. The number of rotatable bonds is 4. The van der Waals surface area contributed by atoms with Gasteiger partial charge in [-0.2, -0.15) is 0 Å². The summed E-state index contributed by atoms with van der Waals surface area (Å²) < 4.78 is 10.7. The van der Waals surface area contributed by atoms with Gasteiger partial charge in [0.15, 0.2) is 0 Å². The molecule has 1 aromatic heterocycles. The second kappa shape index (κ2) is 6.70. The van der Waals surface area contributed by atoms with Gasteiger partial charge in [-0.3, -0.25) is 4.79 Å². The molecule has 20 heavy (non-hydrogen) atoms. The summed E-state index contributed by atoms with van der Waals surface area (Å²) in [4.78, 5) is 16.7. The van der Waals surface area contributed by atoms with E-state index in [2.05, 4.69) is 17.2 Å². The van der Waals surface area contributed by atoms with Gasteiger partial charge >= 0.3 is 0 Å². The van der Waals surface area contributed by atoms with Crippen LogP contribution in [0.4, 0.5) is 5.69 Å². The Kier molecular flexibility index (Phi) is 4.95. The number of carbonyl (C=O) groups excluding carboxylic acids is 1. The Balaban J connectivity index is 2.07. The van der Waals surface area contributed by atoms with Crippen molar-refractivity contribution >= 4 is 11.6 Å². The molecule has 0 bridgehead atoms. The topological polar surface area (TPSA) is 60.5 Å². The third-order valence-electron chi connectivity index (χ3n) is 3.71. The van der Waals surface area contributed by atoms with Crippen molar-refractivity contribution in [2.45, 2.75) is 39.2 Å². The molecule has 1 aliphatic heterocycles. The lowest BCUT2D eigenvalue weighted by atomic mass is 9.91. The van der Waals surface area contributed by atoms with E-state index in [1.807, 2.05) is 13.0 Å². The van der Waals surface area contributed by atoms with E-state index in [1.54, 1.807) is 13.2 Å². The van der Waals surface area contributed by atoms with E-state index in [4.69, 9.17) is 9.47 Å². The first-order valence-electron chi connectivity index (χ1n) is 7.09. The summed E-state index contributed by atoms with van der Waals surface area (Å²) in [5, 5.41) is 2.96. The van der Waals surface area contributed by atoms with Crippen molar-refractivity contribution in [3.8, 4) is 5.88 Å². The minimum Gasteiger partial charge on any atom is -0.481 e. The van der Waals surface area contributed by atoms with Gasteiger partial charge < -0.3 is 14.8 Å². The van der Waals surface area contributed by atoms with Crippen LogP contribution in [0.3, 0.4) is 0 Å². The molecule has 2 atom stereocenters. The number of amides is 1. The molecule has 5 nitrogen and oxygen atoms in total. The van der Waals surface area contributed by atoms with E-state index < -0.39 is 0 Å². The molecule has 110 valence electrons. The second-order valence-corrected chi connectivity index (χ2v) is 5.04. The largest absolute Gasteiger partial charge is 0.481 e. The van der Waals surface area contributed by atoms with Crippen LogP contribution < -0.4 is 10.1 Å². The Morgan fingerprint density at radius 1 is 1.55 bits per heavy atom. The predicted octanol–water partition coefficient (Wildman–Crippen LogP) is 2.54. The third kappa shape index (κ3) is 3.28. The van der Waals surface area contributed by atoms with Crippen LogP contribution >= 0.6 is 0 Å². The van der Waals surface area contributed by atoms with Crippen molar-refractivity contribution in [1.82, 2.24) is 4.98 Å². The number of hydrogen-bond donors (Lipinski definition) is 1. The SMILES string of the molecule is CC[C@H]1OCCC[C@@H]1C(=O)Nc1ccc(OC)nc1C. The highest BCUT2D eigenvalue weighted by Gasteiger charge is 2.30. The van der Waals surface area contributed by atoms with Crippen molar-refractivity contribution in [3.05, 3.63) is 17.8 Å². The van der Waals surface area contributed by atoms with Crippen molar-refractivity contribution in [2.75, 3.05) is 19.0 Å². The van der Waals surface area contributed by atoms with Crippen LogP contribution in [0.2, 0.25) is 0 Å². The molecule has 1 saturated heterocycles. The van der Waals surface area contributed by atoms with Gasteiger partial charge in [-0.25, -0.2) is 4.98 Å². The average molecular weight is 278 g/mol. The molecule has 0 radical (unpaired) electrons. The number of nitrogens with zero attached hydrogens (tertiary/aromatic N) is 1. The Morgan fingerprint density at radius 2 is 2.35 bits per heavy atom. The molecule has 1 amide bonds. The van der Waals surface area contributed by atoms with E-state index in [9.17, 15) is 4.79 Å². The van der Waals surface area contributed by atoms with Crippen LogP contribution in [0.15, 0.2) is 12.1 Å². The lowest BCUT2D eigenvalue weighted by molar-refractivity contribution is -0.129. The fraction of sp³-hybridized carbons (Fsp3) is 0.600. The Labute approximate surface area is 119 Å². The third-order valence-corrected chi connectivity index (χ3v) is 3.71. The van der Waals surface area contributed by atoms with Crippen LogP contribution in [0, 0.1) is 12.8 Å². The maximum absolute atomic E-state index is 12.4. The highest BCUT2D eigenvalue weighted by atomic mass is 16.5. The fourth-order valence-electron chi connectivity index (χ4n) is 2.55. The maximum Gasteiger partial charge on any atom is 0.230 e. The first-order valence-corrected chi connectivity index (χ1v) is 7.09. The number of carbonyl (C=O) groups is 1. The van der Waals surface area contributed by atoms with Gasteiger partial charge in [0.1, 0.15) is 0 Å². The molecule has 1 fully saturated rings. The minimum absolute atomic E-state index is 0.0200. The molecular formula is C15H22N2O3. The van der Waals surface area contributed by atoms with Crippen LogP contribution in [-0.2, 0) is 9.53 Å². The molecule has 2 rings (SSSR count). The molecule has 0 unspecified atom stereocenters. The van der Waals surface area contributed by atoms with Crippen LogP contribution in [0.5, 0.6) is 5.88 Å². The molecule has 1 aromatic rings. The van der Waals surface area contributed by atoms with Crippen LogP contribution in [0.25, 0.3) is 0 Å². The zero-order valence-corrected chi connectivity index (χ0v) is 12.3. The second-order valence-electron chi connectivity index (χ2n) is 5.04. The fourth-order valence-corrected chi connectivity index (χ4v) is 2.55. The van der Waals surface area contributed by atoms with E-state index in [0.29, 0.717) is 5.88 Å². The quantitative estimate of drug-likeness (QED) is 0.919. The number of pyridine rings is 1. The molecule has 2 heterocycles. The summed E-state index contributed by atoms with van der Waals surface area (Å²) in [7, 11) is 1.57. The van der Waals surface area contributed by atoms with E-state index in [1.165, 1.54) is 0 Å². The molecular weight excluding hydrogens is 256 g/mol. The van der Waals surface area contributed by atoms with Crippen molar-refractivity contribution in [2.24, 2.45) is 5.92 Å². The zero-order valence-electron chi connectivity index (χ0n) is 12.3. The molecule has 0 aliphatic carbocycles. The van der Waals surface area contributed by atoms with Crippen LogP contribution in [0.1, 0.15) is 31.9 Å². The van der Waals surface area contributed by atoms with Gasteiger partial charge in [0.25, 0.3) is 0 Å². The van der Waals surface area contributed by atoms with Gasteiger partial charge in [-0.05, 0) is 32.3 Å². The molecule has 0 saturated carbocycles. The van der Waals surface area contributed by atoms with E-state index in [0.717, 1.165) is 37.3 Å². The molecule has 5 heteroatoms. The zero-order chi connectivity index (χ0) is 14.5. The van der Waals surface area contributed by atoms with E-state index >= 15 is 0 Å². The summed E-state index contributed by atoms with van der Waals surface area (Å²) in [6.07, 6.45) is 2.70. The summed E-state index contributed by atoms with van der Waals surface area (Å²) >= 11 is 0. The summed E-state index contributed by atoms with van der Waals surface area (Å²) in [6, 6.07) is 3.57. The lowest BCUT2D eigenvalue weighted by Crippen LogP contribution is -2.38. The van der Waals surface area contributed by atoms with Gasteiger partial charge in [-0.1, -0.05) is 6.92 Å². The molecule has 1 N–H and O–H groups in total. The normalized spacial score (nSPS) is 22.4. The first-order chi connectivity index (χ1) is 9.65. The summed E-state index contributed by atoms with van der Waals surface area (Å²) in [6.45, 7) is 4.66. The minimum atomic E-state index is -0.0738.